The van der Waals surface area contributed by atoms with Crippen molar-refractivity contribution in [1.29, 1.82) is 0 Å². The molecule has 1 heterocycles. The molecule has 3 aromatic rings. The molecule has 1 aliphatic heterocycles. The molecule has 4 rings (SSSR count). The highest BCUT2D eigenvalue weighted by atomic mass is 19.4. The molecule has 35 heavy (non-hydrogen) atoms. The third kappa shape index (κ3) is 5.73. The molecule has 0 aliphatic carbocycles. The number of halogens is 6. The van der Waals surface area contributed by atoms with Crippen molar-refractivity contribution in [2.24, 2.45) is 0 Å². The molecule has 0 bridgehead atoms. The monoisotopic (exact) mass is 495 g/mol. The van der Waals surface area contributed by atoms with E-state index < -0.39 is 31.2 Å². The summed E-state index contributed by atoms with van der Waals surface area (Å²) in [6.07, 6.45) is -11.2. The van der Waals surface area contributed by atoms with Gasteiger partial charge in [-0.25, -0.2) is 0 Å². The first-order valence-electron chi connectivity index (χ1n) is 11.0. The van der Waals surface area contributed by atoms with Crippen LogP contribution in [-0.4, -0.2) is 30.3 Å². The van der Waals surface area contributed by atoms with Crippen molar-refractivity contribution < 1.29 is 36.2 Å². The number of aliphatic hydroxyl groups excluding tert-OH is 1. The number of anilines is 1. The predicted molar refractivity (Wildman–Crippen MR) is 120 cm³/mol. The molecule has 0 saturated heterocycles. The van der Waals surface area contributed by atoms with Gasteiger partial charge in [-0.2, -0.15) is 13.2 Å². The number of rotatable bonds is 5. The summed E-state index contributed by atoms with van der Waals surface area (Å²) in [7, 11) is 0. The molecule has 2 atom stereocenters. The highest BCUT2D eigenvalue weighted by Crippen LogP contribution is 2.44. The molecule has 0 amide bonds. The minimum absolute atomic E-state index is 0.384. The van der Waals surface area contributed by atoms with Crippen molar-refractivity contribution >= 4 is 5.69 Å². The van der Waals surface area contributed by atoms with Gasteiger partial charge in [0, 0.05) is 5.69 Å². The Kier molecular flexibility index (Phi) is 6.73. The van der Waals surface area contributed by atoms with Gasteiger partial charge in [-0.15, -0.1) is 13.2 Å². The molecule has 3 nitrogen and oxygen atoms in total. The third-order valence-corrected chi connectivity index (χ3v) is 6.06. The van der Waals surface area contributed by atoms with Crippen molar-refractivity contribution in [1.82, 2.24) is 0 Å². The first-order chi connectivity index (χ1) is 16.4. The topological polar surface area (TPSA) is 32.7 Å². The van der Waals surface area contributed by atoms with E-state index >= 15 is 0 Å². The molecule has 186 valence electrons. The minimum Gasteiger partial charge on any atom is -0.406 e. The fraction of sp³-hybridized carbons (Fsp3) is 0.308. The zero-order valence-corrected chi connectivity index (χ0v) is 18.7. The van der Waals surface area contributed by atoms with Crippen LogP contribution in [0.2, 0.25) is 0 Å². The molecule has 1 N–H and O–H groups in total. The van der Waals surface area contributed by atoms with E-state index in [0.717, 1.165) is 11.1 Å². The Labute approximate surface area is 198 Å². The van der Waals surface area contributed by atoms with Gasteiger partial charge in [0.05, 0.1) is 12.6 Å². The van der Waals surface area contributed by atoms with Crippen LogP contribution in [-0.2, 0) is 6.42 Å². The SMILES string of the molecule is Cc1cccc([C@H]2CCc3c(-c4cccc(OC(F)(F)F)c4)cccc3N2C[C@H](O)C(F)(F)F)c1. The van der Waals surface area contributed by atoms with Crippen LogP contribution >= 0.6 is 0 Å². The molecule has 1 aliphatic rings. The summed E-state index contributed by atoms with van der Waals surface area (Å²) in [6.45, 7) is 1.22. The summed E-state index contributed by atoms with van der Waals surface area (Å²) >= 11 is 0. The summed E-state index contributed by atoms with van der Waals surface area (Å²) < 4.78 is 82.1. The van der Waals surface area contributed by atoms with E-state index in [1.165, 1.54) is 18.2 Å². The summed E-state index contributed by atoms with van der Waals surface area (Å²) in [4.78, 5) is 1.55. The molecule has 3 aromatic carbocycles. The number of β-amino-alcohol motifs (C(OH)–C–C–N with tert-alkyl or cyclic N) is 1. The van der Waals surface area contributed by atoms with Crippen molar-refractivity contribution in [3.63, 3.8) is 0 Å². The van der Waals surface area contributed by atoms with Gasteiger partial charge >= 0.3 is 12.5 Å². The van der Waals surface area contributed by atoms with Gasteiger partial charge in [0.15, 0.2) is 6.10 Å². The summed E-state index contributed by atoms with van der Waals surface area (Å²) in [6, 6.07) is 17.6. The molecule has 0 unspecified atom stereocenters. The number of fused-ring (bicyclic) bond motifs is 1. The lowest BCUT2D eigenvalue weighted by Gasteiger charge is -2.41. The number of hydrogen-bond acceptors (Lipinski definition) is 3. The van der Waals surface area contributed by atoms with E-state index in [1.54, 1.807) is 29.2 Å². The molecular formula is C26H23F6NO2. The number of alkyl halides is 6. The Hall–Kier alpha value is -3.20. The molecule has 9 heteroatoms. The zero-order chi connectivity index (χ0) is 25.4. The van der Waals surface area contributed by atoms with Gasteiger partial charge in [-0.05, 0) is 60.2 Å². The van der Waals surface area contributed by atoms with E-state index in [0.29, 0.717) is 35.2 Å². The van der Waals surface area contributed by atoms with Crippen LogP contribution in [0.4, 0.5) is 32.0 Å². The first-order valence-corrected chi connectivity index (χ1v) is 11.0. The lowest BCUT2D eigenvalue weighted by molar-refractivity contribution is -0.274. The molecule has 0 radical (unpaired) electrons. The number of benzene rings is 3. The Bertz CT molecular complexity index is 1190. The van der Waals surface area contributed by atoms with Gasteiger partial charge in [0.1, 0.15) is 5.75 Å². The van der Waals surface area contributed by atoms with Gasteiger partial charge in [0.25, 0.3) is 0 Å². The van der Waals surface area contributed by atoms with E-state index in [4.69, 9.17) is 0 Å². The maximum atomic E-state index is 13.3. The van der Waals surface area contributed by atoms with E-state index in [2.05, 4.69) is 4.74 Å². The van der Waals surface area contributed by atoms with Crippen LogP contribution in [0.5, 0.6) is 5.75 Å². The quantitative estimate of drug-likeness (QED) is 0.388. The number of aryl methyl sites for hydroxylation is 1. The maximum Gasteiger partial charge on any atom is 0.573 e. The van der Waals surface area contributed by atoms with Crippen LogP contribution in [0.1, 0.15) is 29.2 Å². The predicted octanol–water partition coefficient (Wildman–Crippen LogP) is 6.98. The fourth-order valence-electron chi connectivity index (χ4n) is 4.58. The molecular weight excluding hydrogens is 472 g/mol. The van der Waals surface area contributed by atoms with Crippen LogP contribution < -0.4 is 9.64 Å². The highest BCUT2D eigenvalue weighted by molar-refractivity contribution is 5.76. The number of ether oxygens (including phenoxy) is 1. The maximum absolute atomic E-state index is 13.3. The van der Waals surface area contributed by atoms with Crippen molar-refractivity contribution in [2.45, 2.75) is 44.4 Å². The van der Waals surface area contributed by atoms with Gasteiger partial charge < -0.3 is 14.7 Å². The molecule has 0 spiro atoms. The van der Waals surface area contributed by atoms with Crippen molar-refractivity contribution in [2.75, 3.05) is 11.4 Å². The highest BCUT2D eigenvalue weighted by Gasteiger charge is 2.41. The summed E-state index contributed by atoms with van der Waals surface area (Å²) in [5.74, 6) is -0.384. The summed E-state index contributed by atoms with van der Waals surface area (Å²) in [5, 5.41) is 9.92. The fourth-order valence-corrected chi connectivity index (χ4v) is 4.58. The smallest absolute Gasteiger partial charge is 0.406 e. The van der Waals surface area contributed by atoms with E-state index in [9.17, 15) is 31.4 Å². The van der Waals surface area contributed by atoms with Gasteiger partial charge in [-0.3, -0.25) is 0 Å². The summed E-state index contributed by atoms with van der Waals surface area (Å²) in [5.41, 5.74) is 4.05. The second-order valence-electron chi connectivity index (χ2n) is 8.56. The minimum atomic E-state index is -4.85. The average Bonchev–Trinajstić information content (AvgIpc) is 2.77. The Morgan fingerprint density at radius 1 is 0.971 bits per heavy atom. The average molecular weight is 495 g/mol. The normalized spacial score (nSPS) is 17.1. The van der Waals surface area contributed by atoms with Crippen LogP contribution in [0.25, 0.3) is 11.1 Å². The Balaban J connectivity index is 1.78. The lowest BCUT2D eigenvalue weighted by Crippen LogP contribution is -2.44. The van der Waals surface area contributed by atoms with E-state index in [-0.39, 0.29) is 5.75 Å². The Morgan fingerprint density at radius 2 is 1.69 bits per heavy atom. The van der Waals surface area contributed by atoms with E-state index in [1.807, 2.05) is 31.2 Å². The largest absolute Gasteiger partial charge is 0.573 e. The second-order valence-corrected chi connectivity index (χ2v) is 8.56. The van der Waals surface area contributed by atoms with Gasteiger partial charge in [-0.1, -0.05) is 54.1 Å². The number of aliphatic hydroxyl groups is 1. The first kappa shape index (κ1) is 24.9. The van der Waals surface area contributed by atoms with Crippen LogP contribution in [0.15, 0.2) is 66.7 Å². The second kappa shape index (κ2) is 9.45. The third-order valence-electron chi connectivity index (χ3n) is 6.06. The van der Waals surface area contributed by atoms with Crippen LogP contribution in [0.3, 0.4) is 0 Å². The zero-order valence-electron chi connectivity index (χ0n) is 18.7. The molecule has 0 aromatic heterocycles. The molecule has 0 fully saturated rings. The van der Waals surface area contributed by atoms with Crippen LogP contribution in [0, 0.1) is 6.92 Å². The Morgan fingerprint density at radius 3 is 2.37 bits per heavy atom. The van der Waals surface area contributed by atoms with Crippen molar-refractivity contribution in [3.8, 4) is 16.9 Å². The standard InChI is InChI=1S/C26H23F6NO2/c1-16-5-2-7-18(13-16)22-12-11-21-20(17-6-3-8-19(14-17)35-26(30,31)32)9-4-10-23(21)33(22)15-24(34)25(27,28)29/h2-10,13-14,22,24,34H,11-12,15H2,1H3/t22-,24+/m1/s1. The van der Waals surface area contributed by atoms with Gasteiger partial charge in [0.2, 0.25) is 0 Å². The number of hydrogen-bond donors (Lipinski definition) is 1. The lowest BCUT2D eigenvalue weighted by atomic mass is 9.86. The van der Waals surface area contributed by atoms with Crippen molar-refractivity contribution in [3.05, 3.63) is 83.4 Å². The number of nitrogens with zero attached hydrogens (tertiary/aromatic N) is 1. The molecule has 0 saturated carbocycles.